The predicted octanol–water partition coefficient (Wildman–Crippen LogP) is 3.99. The van der Waals surface area contributed by atoms with Gasteiger partial charge < -0.3 is 10.1 Å². The van der Waals surface area contributed by atoms with Crippen molar-refractivity contribution >= 4 is 28.6 Å². The van der Waals surface area contributed by atoms with E-state index in [1.54, 1.807) is 6.20 Å². The molecule has 0 aliphatic rings. The molecule has 7 heteroatoms. The van der Waals surface area contributed by atoms with Gasteiger partial charge in [0, 0.05) is 23.0 Å². The Bertz CT molecular complexity index is 754. The van der Waals surface area contributed by atoms with Gasteiger partial charge in [0.25, 0.3) is 0 Å². The van der Waals surface area contributed by atoms with Crippen LogP contribution in [0.25, 0.3) is 0 Å². The molecule has 0 radical (unpaired) electrons. The maximum absolute atomic E-state index is 5.81. The van der Waals surface area contributed by atoms with Gasteiger partial charge in [0.15, 0.2) is 4.47 Å². The standard InChI is InChI=1S/C16H17ClN4OS/c1-12-6-7-21(20-12)8-9-22-14-4-2-13(3-5-14)18-10-15-11-19-16(17)23-15/h2-7,11,18H,8-10H2,1H3. The van der Waals surface area contributed by atoms with Crippen LogP contribution in [0.5, 0.6) is 5.75 Å². The van der Waals surface area contributed by atoms with Crippen LogP contribution in [0.15, 0.2) is 42.7 Å². The fraction of sp³-hybridized carbons (Fsp3) is 0.250. The molecular formula is C16H17ClN4OS. The summed E-state index contributed by atoms with van der Waals surface area (Å²) in [7, 11) is 0. The molecule has 2 aromatic heterocycles. The van der Waals surface area contributed by atoms with Crippen LogP contribution in [-0.2, 0) is 13.1 Å². The van der Waals surface area contributed by atoms with Crippen molar-refractivity contribution < 1.29 is 4.74 Å². The molecule has 0 aliphatic carbocycles. The molecule has 3 aromatic rings. The van der Waals surface area contributed by atoms with Gasteiger partial charge in [-0.3, -0.25) is 4.68 Å². The molecule has 1 aromatic carbocycles. The number of ether oxygens (including phenoxy) is 1. The van der Waals surface area contributed by atoms with Gasteiger partial charge >= 0.3 is 0 Å². The molecule has 5 nitrogen and oxygen atoms in total. The van der Waals surface area contributed by atoms with E-state index in [0.29, 0.717) is 17.6 Å². The molecular weight excluding hydrogens is 332 g/mol. The number of nitrogens with one attached hydrogen (secondary N) is 1. The van der Waals surface area contributed by atoms with Crippen molar-refractivity contribution in [2.75, 3.05) is 11.9 Å². The van der Waals surface area contributed by atoms with Crippen LogP contribution < -0.4 is 10.1 Å². The number of nitrogens with zero attached hydrogens (tertiary/aromatic N) is 3. The van der Waals surface area contributed by atoms with Gasteiger partial charge in [-0.2, -0.15) is 5.10 Å². The lowest BCUT2D eigenvalue weighted by molar-refractivity contribution is 0.291. The van der Waals surface area contributed by atoms with Crippen LogP contribution in [0.1, 0.15) is 10.6 Å². The van der Waals surface area contributed by atoms with E-state index in [9.17, 15) is 0 Å². The zero-order valence-electron chi connectivity index (χ0n) is 12.7. The molecule has 0 saturated carbocycles. The van der Waals surface area contributed by atoms with Crippen LogP contribution in [0.3, 0.4) is 0 Å². The number of hydrogen-bond acceptors (Lipinski definition) is 5. The Labute approximate surface area is 143 Å². The first kappa shape index (κ1) is 15.8. The van der Waals surface area contributed by atoms with Gasteiger partial charge in [0.1, 0.15) is 12.4 Å². The summed E-state index contributed by atoms with van der Waals surface area (Å²) in [6.07, 6.45) is 3.74. The van der Waals surface area contributed by atoms with E-state index >= 15 is 0 Å². The number of halogens is 1. The van der Waals surface area contributed by atoms with Crippen molar-refractivity contribution in [3.8, 4) is 5.75 Å². The predicted molar refractivity (Wildman–Crippen MR) is 93.4 cm³/mol. The Morgan fingerprint density at radius 2 is 2.09 bits per heavy atom. The Morgan fingerprint density at radius 1 is 1.26 bits per heavy atom. The minimum absolute atomic E-state index is 0.568. The number of hydrogen-bond donors (Lipinski definition) is 1. The molecule has 1 N–H and O–H groups in total. The highest BCUT2D eigenvalue weighted by atomic mass is 35.5. The summed E-state index contributed by atoms with van der Waals surface area (Å²) >= 11 is 7.29. The Balaban J connectivity index is 1.45. The van der Waals surface area contributed by atoms with Gasteiger partial charge in [-0.1, -0.05) is 11.6 Å². The van der Waals surface area contributed by atoms with Crippen LogP contribution in [0.2, 0.25) is 4.47 Å². The van der Waals surface area contributed by atoms with Crippen molar-refractivity contribution in [3.05, 3.63) is 57.8 Å². The minimum atomic E-state index is 0.568. The second kappa shape index (κ2) is 7.48. The van der Waals surface area contributed by atoms with Crippen LogP contribution >= 0.6 is 22.9 Å². The minimum Gasteiger partial charge on any atom is -0.492 e. The van der Waals surface area contributed by atoms with E-state index in [-0.39, 0.29) is 0 Å². The Kier molecular flexibility index (Phi) is 5.15. The smallest absolute Gasteiger partial charge is 0.183 e. The second-order valence-electron chi connectivity index (χ2n) is 5.03. The Morgan fingerprint density at radius 3 is 2.74 bits per heavy atom. The first-order valence-electron chi connectivity index (χ1n) is 7.26. The number of anilines is 1. The monoisotopic (exact) mass is 348 g/mol. The molecule has 0 fully saturated rings. The van der Waals surface area contributed by atoms with Crippen LogP contribution in [0.4, 0.5) is 5.69 Å². The molecule has 2 heterocycles. The van der Waals surface area contributed by atoms with Crippen LogP contribution in [0, 0.1) is 6.92 Å². The molecule has 0 amide bonds. The fourth-order valence-corrected chi connectivity index (χ4v) is 2.99. The third kappa shape index (κ3) is 4.71. The van der Waals surface area contributed by atoms with Gasteiger partial charge in [0.05, 0.1) is 18.8 Å². The molecule has 0 bridgehead atoms. The molecule has 0 aliphatic heterocycles. The van der Waals surface area contributed by atoms with Crippen molar-refractivity contribution in [2.45, 2.75) is 20.0 Å². The molecule has 0 saturated heterocycles. The van der Waals surface area contributed by atoms with E-state index in [1.807, 2.05) is 48.1 Å². The molecule has 0 atom stereocenters. The normalized spacial score (nSPS) is 10.7. The molecule has 3 rings (SSSR count). The van der Waals surface area contributed by atoms with Gasteiger partial charge in [0.2, 0.25) is 0 Å². The lowest BCUT2D eigenvalue weighted by atomic mass is 10.3. The molecule has 120 valence electrons. The number of aryl methyl sites for hydroxylation is 1. The van der Waals surface area contributed by atoms with E-state index < -0.39 is 0 Å². The van der Waals surface area contributed by atoms with Gasteiger partial charge in [-0.05, 0) is 37.3 Å². The highest BCUT2D eigenvalue weighted by Gasteiger charge is 2.00. The highest BCUT2D eigenvalue weighted by molar-refractivity contribution is 7.15. The first-order valence-corrected chi connectivity index (χ1v) is 8.45. The number of aromatic nitrogens is 3. The topological polar surface area (TPSA) is 52.0 Å². The maximum Gasteiger partial charge on any atom is 0.183 e. The molecule has 0 spiro atoms. The maximum atomic E-state index is 5.81. The Hall–Kier alpha value is -2.05. The summed E-state index contributed by atoms with van der Waals surface area (Å²) in [5.74, 6) is 0.847. The van der Waals surface area contributed by atoms with Crippen LogP contribution in [-0.4, -0.2) is 21.4 Å². The summed E-state index contributed by atoms with van der Waals surface area (Å²) in [4.78, 5) is 5.12. The zero-order valence-corrected chi connectivity index (χ0v) is 14.3. The van der Waals surface area contributed by atoms with Crippen molar-refractivity contribution in [2.24, 2.45) is 0 Å². The summed E-state index contributed by atoms with van der Waals surface area (Å²) in [6, 6.07) is 9.88. The van der Waals surface area contributed by atoms with Gasteiger partial charge in [-0.15, -0.1) is 11.3 Å². The first-order chi connectivity index (χ1) is 11.2. The third-order valence-electron chi connectivity index (χ3n) is 3.21. The lowest BCUT2D eigenvalue weighted by Gasteiger charge is -2.08. The highest BCUT2D eigenvalue weighted by Crippen LogP contribution is 2.20. The second-order valence-corrected chi connectivity index (χ2v) is 6.72. The average Bonchev–Trinajstić information content (AvgIpc) is 3.15. The molecule has 0 unspecified atom stereocenters. The van der Waals surface area contributed by atoms with E-state index in [1.165, 1.54) is 11.3 Å². The van der Waals surface area contributed by atoms with Gasteiger partial charge in [-0.25, -0.2) is 4.98 Å². The van der Waals surface area contributed by atoms with Crippen molar-refractivity contribution in [1.29, 1.82) is 0 Å². The summed E-state index contributed by atoms with van der Waals surface area (Å²) in [5.41, 5.74) is 2.05. The number of rotatable bonds is 7. The lowest BCUT2D eigenvalue weighted by Crippen LogP contribution is -2.08. The SMILES string of the molecule is Cc1ccn(CCOc2ccc(NCc3cnc(Cl)s3)cc2)n1. The van der Waals surface area contributed by atoms with E-state index in [0.717, 1.165) is 28.6 Å². The summed E-state index contributed by atoms with van der Waals surface area (Å²) in [6.45, 7) is 4.01. The fourth-order valence-electron chi connectivity index (χ4n) is 2.07. The van der Waals surface area contributed by atoms with E-state index in [2.05, 4.69) is 15.4 Å². The number of thiazole rings is 1. The quantitative estimate of drug-likeness (QED) is 0.701. The van der Waals surface area contributed by atoms with Crippen molar-refractivity contribution in [3.63, 3.8) is 0 Å². The molecule has 23 heavy (non-hydrogen) atoms. The van der Waals surface area contributed by atoms with Crippen molar-refractivity contribution in [1.82, 2.24) is 14.8 Å². The summed E-state index contributed by atoms with van der Waals surface area (Å²) in [5, 5.41) is 7.65. The zero-order chi connectivity index (χ0) is 16.1. The van der Waals surface area contributed by atoms with E-state index in [4.69, 9.17) is 16.3 Å². The third-order valence-corrected chi connectivity index (χ3v) is 4.32. The average molecular weight is 349 g/mol. The largest absolute Gasteiger partial charge is 0.492 e. The summed E-state index contributed by atoms with van der Waals surface area (Å²) < 4.78 is 8.17. The number of benzene rings is 1.